The molecule has 2 rings (SSSR count). The lowest BCUT2D eigenvalue weighted by Gasteiger charge is -2.10. The molecule has 1 aromatic carbocycles. The minimum Gasteiger partial charge on any atom is -0.465 e. The number of rotatable bonds is 4. The molecule has 1 heterocycles. The van der Waals surface area contributed by atoms with Crippen LogP contribution in [0.5, 0.6) is 0 Å². The van der Waals surface area contributed by atoms with E-state index < -0.39 is 17.5 Å². The van der Waals surface area contributed by atoms with Crippen LogP contribution in [0.15, 0.2) is 28.0 Å². The van der Waals surface area contributed by atoms with E-state index in [4.69, 9.17) is 11.6 Å². The number of carbonyl (C=O) groups is 1. The summed E-state index contributed by atoms with van der Waals surface area (Å²) in [5.41, 5.74) is 0.186. The largest absolute Gasteiger partial charge is 0.465 e. The fourth-order valence-electron chi connectivity index (χ4n) is 1.82. The van der Waals surface area contributed by atoms with Gasteiger partial charge < -0.3 is 9.72 Å². The molecule has 1 aromatic heterocycles. The quantitative estimate of drug-likeness (QED) is 0.525. The van der Waals surface area contributed by atoms with E-state index in [-0.39, 0.29) is 26.9 Å². The molecule has 2 aromatic rings. The summed E-state index contributed by atoms with van der Waals surface area (Å²) in [5, 5.41) is 0.445. The Kier molecular flexibility index (Phi) is 5.20. The van der Waals surface area contributed by atoms with Crippen LogP contribution < -0.4 is 5.69 Å². The standard InChI is InChI=1S/C14H12ClFN2O3S/c1-7-11(13(19)21-2)12(18-14(20)17-7)22-6-8-9(15)4-3-5-10(8)16/h3-5H,6H2,1-2H3,(H,17,18,20). The fourth-order valence-corrected chi connectivity index (χ4v) is 3.23. The number of aromatic nitrogens is 2. The van der Waals surface area contributed by atoms with E-state index in [2.05, 4.69) is 14.7 Å². The number of nitrogens with zero attached hydrogens (tertiary/aromatic N) is 1. The number of aryl methyl sites for hydroxylation is 1. The van der Waals surface area contributed by atoms with Gasteiger partial charge in [-0.3, -0.25) is 0 Å². The van der Waals surface area contributed by atoms with Gasteiger partial charge in [0.1, 0.15) is 16.4 Å². The summed E-state index contributed by atoms with van der Waals surface area (Å²) in [6.45, 7) is 1.56. The molecular weight excluding hydrogens is 331 g/mol. The molecule has 0 atom stereocenters. The Bertz CT molecular complexity index is 759. The van der Waals surface area contributed by atoms with Crippen LogP contribution in [0, 0.1) is 12.7 Å². The Hall–Kier alpha value is -1.86. The first kappa shape index (κ1) is 16.5. The van der Waals surface area contributed by atoms with Gasteiger partial charge in [-0.05, 0) is 19.1 Å². The van der Waals surface area contributed by atoms with Crippen molar-refractivity contribution in [2.45, 2.75) is 17.7 Å². The number of aromatic amines is 1. The third kappa shape index (κ3) is 3.48. The highest BCUT2D eigenvalue weighted by molar-refractivity contribution is 7.98. The molecular formula is C14H12ClFN2O3S. The van der Waals surface area contributed by atoms with Crippen LogP contribution in [0.4, 0.5) is 4.39 Å². The van der Waals surface area contributed by atoms with Crippen molar-refractivity contribution >= 4 is 29.3 Å². The second kappa shape index (κ2) is 6.93. The minimum atomic E-state index is -0.622. The predicted molar refractivity (Wildman–Crippen MR) is 81.9 cm³/mol. The summed E-state index contributed by atoms with van der Waals surface area (Å²) in [5.74, 6) is -0.949. The van der Waals surface area contributed by atoms with E-state index in [0.29, 0.717) is 5.69 Å². The topological polar surface area (TPSA) is 72.0 Å². The number of halogens is 2. The highest BCUT2D eigenvalue weighted by Gasteiger charge is 2.19. The maximum Gasteiger partial charge on any atom is 0.346 e. The third-order valence-corrected chi connectivity index (χ3v) is 4.25. The zero-order valence-electron chi connectivity index (χ0n) is 11.8. The first-order valence-electron chi connectivity index (χ1n) is 6.19. The van der Waals surface area contributed by atoms with Crippen LogP contribution in [0.3, 0.4) is 0 Å². The highest BCUT2D eigenvalue weighted by Crippen LogP contribution is 2.29. The van der Waals surface area contributed by atoms with Gasteiger partial charge in [0.25, 0.3) is 0 Å². The number of hydrogen-bond acceptors (Lipinski definition) is 5. The first-order valence-corrected chi connectivity index (χ1v) is 7.55. The Morgan fingerprint density at radius 3 is 2.86 bits per heavy atom. The SMILES string of the molecule is COC(=O)c1c(SCc2c(F)cccc2Cl)nc(=O)[nH]c1C. The van der Waals surface area contributed by atoms with Crippen molar-refractivity contribution in [3.05, 3.63) is 56.3 Å². The van der Waals surface area contributed by atoms with E-state index >= 15 is 0 Å². The molecule has 0 fully saturated rings. The number of ether oxygens (including phenoxy) is 1. The molecule has 8 heteroatoms. The summed E-state index contributed by atoms with van der Waals surface area (Å²) in [7, 11) is 1.23. The summed E-state index contributed by atoms with van der Waals surface area (Å²) < 4.78 is 18.4. The Morgan fingerprint density at radius 1 is 1.50 bits per heavy atom. The van der Waals surface area contributed by atoms with Crippen LogP contribution in [0.25, 0.3) is 0 Å². The van der Waals surface area contributed by atoms with E-state index in [1.54, 1.807) is 13.0 Å². The molecule has 5 nitrogen and oxygen atoms in total. The highest BCUT2D eigenvalue weighted by atomic mass is 35.5. The number of benzene rings is 1. The fraction of sp³-hybridized carbons (Fsp3) is 0.214. The van der Waals surface area contributed by atoms with E-state index in [9.17, 15) is 14.0 Å². The normalized spacial score (nSPS) is 10.5. The van der Waals surface area contributed by atoms with Gasteiger partial charge in [-0.2, -0.15) is 4.98 Å². The number of hydrogen-bond donors (Lipinski definition) is 1. The van der Waals surface area contributed by atoms with E-state index in [1.165, 1.54) is 19.2 Å². The van der Waals surface area contributed by atoms with Crippen molar-refractivity contribution in [3.8, 4) is 0 Å². The van der Waals surface area contributed by atoms with Gasteiger partial charge in [-0.1, -0.05) is 17.7 Å². The molecule has 22 heavy (non-hydrogen) atoms. The summed E-state index contributed by atoms with van der Waals surface area (Å²) in [6.07, 6.45) is 0. The van der Waals surface area contributed by atoms with E-state index in [1.807, 2.05) is 0 Å². The Balaban J connectivity index is 2.37. The number of thioether (sulfide) groups is 1. The van der Waals surface area contributed by atoms with Crippen LogP contribution >= 0.6 is 23.4 Å². The first-order chi connectivity index (χ1) is 10.4. The molecule has 0 saturated heterocycles. The van der Waals surface area contributed by atoms with Crippen molar-refractivity contribution in [1.82, 2.24) is 9.97 Å². The molecule has 0 aliphatic heterocycles. The van der Waals surface area contributed by atoms with Gasteiger partial charge in [0, 0.05) is 22.0 Å². The molecule has 0 aliphatic carbocycles. The van der Waals surface area contributed by atoms with Gasteiger partial charge in [0.2, 0.25) is 0 Å². The molecule has 0 bridgehead atoms. The third-order valence-electron chi connectivity index (χ3n) is 2.89. The molecule has 0 radical (unpaired) electrons. The van der Waals surface area contributed by atoms with Crippen molar-refractivity contribution in [2.75, 3.05) is 7.11 Å². The number of H-pyrrole nitrogens is 1. The van der Waals surface area contributed by atoms with Crippen molar-refractivity contribution < 1.29 is 13.9 Å². The van der Waals surface area contributed by atoms with Crippen molar-refractivity contribution in [3.63, 3.8) is 0 Å². The van der Waals surface area contributed by atoms with Crippen LogP contribution in [0.1, 0.15) is 21.6 Å². The van der Waals surface area contributed by atoms with Crippen molar-refractivity contribution in [2.24, 2.45) is 0 Å². The van der Waals surface area contributed by atoms with Gasteiger partial charge >= 0.3 is 11.7 Å². The molecule has 116 valence electrons. The smallest absolute Gasteiger partial charge is 0.346 e. The van der Waals surface area contributed by atoms with Gasteiger partial charge in [-0.15, -0.1) is 11.8 Å². The molecule has 1 N–H and O–H groups in total. The van der Waals surface area contributed by atoms with Crippen molar-refractivity contribution in [1.29, 1.82) is 0 Å². The summed E-state index contributed by atoms with van der Waals surface area (Å²) >= 11 is 7.00. The second-order valence-electron chi connectivity index (χ2n) is 4.33. The maximum atomic E-state index is 13.8. The average Bonchev–Trinajstić information content (AvgIpc) is 2.45. The minimum absolute atomic E-state index is 0.130. The van der Waals surface area contributed by atoms with Crippen LogP contribution in [-0.4, -0.2) is 23.0 Å². The predicted octanol–water partition coefficient (Wildman–Crippen LogP) is 2.95. The number of esters is 1. The lowest BCUT2D eigenvalue weighted by atomic mass is 10.2. The molecule has 0 aliphatic rings. The Morgan fingerprint density at radius 2 is 2.23 bits per heavy atom. The van der Waals surface area contributed by atoms with Gasteiger partial charge in [-0.25, -0.2) is 14.0 Å². The summed E-state index contributed by atoms with van der Waals surface area (Å²) in [4.78, 5) is 29.5. The lowest BCUT2D eigenvalue weighted by Crippen LogP contribution is -2.19. The van der Waals surface area contributed by atoms with Gasteiger partial charge in [0.05, 0.1) is 7.11 Å². The average molecular weight is 343 g/mol. The zero-order valence-corrected chi connectivity index (χ0v) is 13.3. The summed E-state index contributed by atoms with van der Waals surface area (Å²) in [6, 6.07) is 4.36. The molecule has 0 amide bonds. The number of nitrogens with one attached hydrogen (secondary N) is 1. The molecule has 0 saturated carbocycles. The zero-order chi connectivity index (χ0) is 16.3. The second-order valence-corrected chi connectivity index (χ2v) is 5.70. The number of carbonyl (C=O) groups excluding carboxylic acids is 1. The van der Waals surface area contributed by atoms with E-state index in [0.717, 1.165) is 11.8 Å². The molecule has 0 unspecified atom stereocenters. The Labute approximate surface area is 134 Å². The van der Waals surface area contributed by atoms with Crippen LogP contribution in [-0.2, 0) is 10.5 Å². The maximum absolute atomic E-state index is 13.8. The molecule has 0 spiro atoms. The lowest BCUT2D eigenvalue weighted by molar-refractivity contribution is 0.0594. The van der Waals surface area contributed by atoms with Crippen LogP contribution in [0.2, 0.25) is 5.02 Å². The van der Waals surface area contributed by atoms with Gasteiger partial charge in [0.15, 0.2) is 0 Å². The monoisotopic (exact) mass is 342 g/mol. The number of methoxy groups -OCH3 is 1.